The highest BCUT2D eigenvalue weighted by Crippen LogP contribution is 2.22. The molecule has 0 fully saturated rings. The molecule has 88 valence electrons. The molecule has 0 radical (unpaired) electrons. The maximum absolute atomic E-state index is 11.3. The van der Waals surface area contributed by atoms with E-state index in [4.69, 9.17) is 21.9 Å². The summed E-state index contributed by atoms with van der Waals surface area (Å²) in [7, 11) is -4.15. The smallest absolute Gasteiger partial charge is 0.263 e. The van der Waals surface area contributed by atoms with Gasteiger partial charge in [-0.2, -0.15) is 0 Å². The third-order valence-electron chi connectivity index (χ3n) is 1.81. The van der Waals surface area contributed by atoms with Crippen molar-refractivity contribution in [3.8, 4) is 0 Å². The van der Waals surface area contributed by atoms with Crippen molar-refractivity contribution in [1.29, 1.82) is 0 Å². The minimum absolute atomic E-state index is 0.0132. The molecule has 0 atom stereocenters. The number of sulfonamides is 1. The van der Waals surface area contributed by atoms with Crippen LogP contribution in [0.1, 0.15) is 10.4 Å². The second-order valence-corrected chi connectivity index (χ2v) is 4.86. The summed E-state index contributed by atoms with van der Waals surface area (Å²) >= 11 is 5.60. The molecule has 0 aliphatic heterocycles. The highest BCUT2D eigenvalue weighted by Gasteiger charge is 2.18. The first-order valence-electron chi connectivity index (χ1n) is 4.02. The van der Waals surface area contributed by atoms with E-state index in [-0.39, 0.29) is 10.6 Å². The van der Waals surface area contributed by atoms with Crippen LogP contribution in [0.15, 0.2) is 23.1 Å². The van der Waals surface area contributed by atoms with Gasteiger partial charge in [-0.25, -0.2) is 8.42 Å². The Kier molecular flexibility index (Phi) is 4.00. The van der Waals surface area contributed by atoms with Crippen LogP contribution in [-0.4, -0.2) is 31.1 Å². The maximum atomic E-state index is 11.3. The summed E-state index contributed by atoms with van der Waals surface area (Å²) < 4.78 is 22.5. The number of aliphatic hydroxyl groups excluding tert-OH is 1. The first-order chi connectivity index (χ1) is 7.42. The summed E-state index contributed by atoms with van der Waals surface area (Å²) in [5.74, 6) is -0.647. The third kappa shape index (κ3) is 2.57. The molecule has 0 unspecified atom stereocenters. The largest absolute Gasteiger partial charge is 0.388 e. The number of carbonyl (C=O) groups excluding carboxylic acids is 1. The van der Waals surface area contributed by atoms with E-state index < -0.39 is 27.3 Å². The quantitative estimate of drug-likeness (QED) is 0.532. The molecule has 0 aromatic heterocycles. The molecule has 6 nitrogen and oxygen atoms in total. The lowest BCUT2D eigenvalue weighted by Crippen LogP contribution is -2.20. The van der Waals surface area contributed by atoms with Crippen LogP contribution < -0.4 is 4.89 Å². The first-order valence-corrected chi connectivity index (χ1v) is 5.88. The number of hydrogen-bond acceptors (Lipinski definition) is 5. The number of ketones is 1. The van der Waals surface area contributed by atoms with Gasteiger partial charge < -0.3 is 10.3 Å². The van der Waals surface area contributed by atoms with Crippen molar-refractivity contribution in [2.45, 2.75) is 4.90 Å². The van der Waals surface area contributed by atoms with Crippen molar-refractivity contribution in [3.05, 3.63) is 28.8 Å². The van der Waals surface area contributed by atoms with Crippen molar-refractivity contribution < 1.29 is 23.5 Å². The number of carbonyl (C=O) groups is 1. The summed E-state index contributed by atoms with van der Waals surface area (Å²) in [4.78, 5) is 11.8. The molecule has 0 spiro atoms. The Labute approximate surface area is 96.5 Å². The average molecular weight is 266 g/mol. The van der Waals surface area contributed by atoms with Crippen LogP contribution in [0.2, 0.25) is 5.02 Å². The summed E-state index contributed by atoms with van der Waals surface area (Å²) in [6.45, 7) is -0.742. The number of benzene rings is 1. The van der Waals surface area contributed by atoms with Crippen LogP contribution in [0.5, 0.6) is 0 Å². The number of Topliss-reactive ketones (excluding diaryl/α,β-unsaturated/α-hetero) is 1. The Balaban J connectivity index is 3.36. The summed E-state index contributed by atoms with van der Waals surface area (Å²) in [6, 6.07) is 3.44. The van der Waals surface area contributed by atoms with E-state index in [0.29, 0.717) is 0 Å². The third-order valence-corrected chi connectivity index (χ3v) is 3.41. The SMILES string of the molecule is O=C(CO)c1ccc(Cl)c(S(=O)(=O)NO)c1. The molecule has 0 aliphatic carbocycles. The Morgan fingerprint density at radius 1 is 1.44 bits per heavy atom. The van der Waals surface area contributed by atoms with E-state index in [1.165, 1.54) is 12.1 Å². The van der Waals surface area contributed by atoms with E-state index in [0.717, 1.165) is 11.0 Å². The Hall–Kier alpha value is -0.990. The van der Waals surface area contributed by atoms with Gasteiger partial charge in [-0.1, -0.05) is 16.5 Å². The maximum Gasteiger partial charge on any atom is 0.263 e. The monoisotopic (exact) mass is 265 g/mol. The zero-order chi connectivity index (χ0) is 12.3. The normalized spacial score (nSPS) is 11.4. The standard InChI is InChI=1S/C8H8ClNO5S/c9-6-2-1-5(7(12)4-11)3-8(6)16(14,15)10-13/h1-3,10-11,13H,4H2. The molecule has 0 amide bonds. The molecule has 0 aliphatic rings. The van der Waals surface area contributed by atoms with E-state index in [9.17, 15) is 13.2 Å². The van der Waals surface area contributed by atoms with Gasteiger partial charge in [-0.05, 0) is 18.2 Å². The highest BCUT2D eigenvalue weighted by molar-refractivity contribution is 7.89. The molecule has 0 saturated heterocycles. The molecular formula is C8H8ClNO5S. The van der Waals surface area contributed by atoms with Crippen molar-refractivity contribution in [2.75, 3.05) is 6.61 Å². The zero-order valence-corrected chi connectivity index (χ0v) is 9.42. The van der Waals surface area contributed by atoms with Crippen LogP contribution in [-0.2, 0) is 10.0 Å². The number of nitrogens with one attached hydrogen (secondary N) is 1. The van der Waals surface area contributed by atoms with Gasteiger partial charge in [-0.15, -0.1) is 0 Å². The molecule has 8 heteroatoms. The van der Waals surface area contributed by atoms with Crippen molar-refractivity contribution in [1.82, 2.24) is 4.89 Å². The summed E-state index contributed by atoms with van der Waals surface area (Å²) in [6.07, 6.45) is 0. The van der Waals surface area contributed by atoms with Crippen LogP contribution >= 0.6 is 11.6 Å². The Morgan fingerprint density at radius 2 is 2.06 bits per heavy atom. The Bertz CT molecular complexity index is 513. The molecule has 1 aromatic carbocycles. The fourth-order valence-corrected chi connectivity index (χ4v) is 2.15. The predicted octanol–water partition coefficient (Wildman–Crippen LogP) is 0.183. The lowest BCUT2D eigenvalue weighted by atomic mass is 10.1. The average Bonchev–Trinajstić information content (AvgIpc) is 2.28. The zero-order valence-electron chi connectivity index (χ0n) is 7.84. The van der Waals surface area contributed by atoms with Gasteiger partial charge in [0.2, 0.25) is 0 Å². The molecule has 0 heterocycles. The lowest BCUT2D eigenvalue weighted by molar-refractivity contribution is 0.0903. The van der Waals surface area contributed by atoms with Gasteiger partial charge in [0.05, 0.1) is 5.02 Å². The van der Waals surface area contributed by atoms with Crippen LogP contribution in [0.4, 0.5) is 0 Å². The van der Waals surface area contributed by atoms with Gasteiger partial charge in [-0.3, -0.25) is 4.79 Å². The van der Waals surface area contributed by atoms with Gasteiger partial charge in [0, 0.05) is 5.56 Å². The number of hydrogen-bond donors (Lipinski definition) is 3. The topological polar surface area (TPSA) is 104 Å². The highest BCUT2D eigenvalue weighted by atomic mass is 35.5. The second kappa shape index (κ2) is 4.89. The molecule has 1 rings (SSSR count). The number of halogens is 1. The van der Waals surface area contributed by atoms with Crippen molar-refractivity contribution in [3.63, 3.8) is 0 Å². The van der Waals surface area contributed by atoms with Crippen LogP contribution in [0.3, 0.4) is 0 Å². The van der Waals surface area contributed by atoms with E-state index in [1.807, 2.05) is 0 Å². The Morgan fingerprint density at radius 3 is 2.56 bits per heavy atom. The van der Waals surface area contributed by atoms with Gasteiger partial charge in [0.25, 0.3) is 10.0 Å². The fraction of sp³-hybridized carbons (Fsp3) is 0.125. The second-order valence-electron chi connectivity index (χ2n) is 2.82. The molecular weight excluding hydrogens is 258 g/mol. The van der Waals surface area contributed by atoms with Gasteiger partial charge in [0.1, 0.15) is 11.5 Å². The predicted molar refractivity (Wildman–Crippen MR) is 55.0 cm³/mol. The fourth-order valence-electron chi connectivity index (χ4n) is 1.02. The van der Waals surface area contributed by atoms with E-state index in [1.54, 1.807) is 0 Å². The van der Waals surface area contributed by atoms with E-state index in [2.05, 4.69) is 0 Å². The minimum Gasteiger partial charge on any atom is -0.388 e. The molecule has 0 bridgehead atoms. The molecule has 3 N–H and O–H groups in total. The molecule has 0 saturated carbocycles. The van der Waals surface area contributed by atoms with Crippen LogP contribution in [0, 0.1) is 0 Å². The van der Waals surface area contributed by atoms with Gasteiger partial charge >= 0.3 is 0 Å². The molecule has 16 heavy (non-hydrogen) atoms. The van der Waals surface area contributed by atoms with Crippen LogP contribution in [0.25, 0.3) is 0 Å². The van der Waals surface area contributed by atoms with Crippen molar-refractivity contribution >= 4 is 27.4 Å². The summed E-state index contributed by atoms with van der Waals surface area (Å²) in [5, 5.41) is 16.9. The minimum atomic E-state index is -4.15. The lowest BCUT2D eigenvalue weighted by Gasteiger charge is -2.05. The summed E-state index contributed by atoms with van der Waals surface area (Å²) in [5.41, 5.74) is -0.0132. The first kappa shape index (κ1) is 13.1. The van der Waals surface area contributed by atoms with Gasteiger partial charge in [0.15, 0.2) is 5.78 Å². The number of aliphatic hydroxyl groups is 1. The number of rotatable bonds is 4. The van der Waals surface area contributed by atoms with E-state index >= 15 is 0 Å². The van der Waals surface area contributed by atoms with Crippen molar-refractivity contribution in [2.24, 2.45) is 0 Å². The molecule has 1 aromatic rings.